The molecule has 0 fully saturated rings. The largest absolute Gasteiger partial charge is 0.480 e. The lowest BCUT2D eigenvalue weighted by atomic mass is 9.93. The molecule has 3 atom stereocenters. The fourth-order valence-electron chi connectivity index (χ4n) is 4.14. The van der Waals surface area contributed by atoms with Crippen molar-refractivity contribution in [2.24, 2.45) is 0 Å². The van der Waals surface area contributed by atoms with Crippen LogP contribution in [0.1, 0.15) is 43.9 Å². The van der Waals surface area contributed by atoms with Crippen molar-refractivity contribution in [1.82, 2.24) is 10.2 Å². The number of nitrogens with zero attached hydrogens (tertiary/aromatic N) is 1. The lowest BCUT2D eigenvalue weighted by Gasteiger charge is -2.36. The Morgan fingerprint density at radius 1 is 1.03 bits per heavy atom. The maximum absolute atomic E-state index is 13.3. The minimum Gasteiger partial charge on any atom is -0.480 e. The van der Waals surface area contributed by atoms with Gasteiger partial charge in [0.15, 0.2) is 0 Å². The van der Waals surface area contributed by atoms with E-state index in [-0.39, 0.29) is 25.0 Å². The van der Waals surface area contributed by atoms with Crippen molar-refractivity contribution in [3.05, 3.63) is 71.3 Å². The molecule has 0 spiro atoms. The van der Waals surface area contributed by atoms with Crippen LogP contribution in [0.5, 0.6) is 0 Å². The molecule has 3 rings (SSSR count). The van der Waals surface area contributed by atoms with E-state index in [4.69, 9.17) is 4.74 Å². The van der Waals surface area contributed by atoms with Crippen molar-refractivity contribution in [2.75, 3.05) is 0 Å². The number of carboxylic acids is 1. The normalized spacial score (nSPS) is 17.2. The number of hydrogen-bond acceptors (Lipinski definition) is 5. The van der Waals surface area contributed by atoms with Crippen LogP contribution in [-0.4, -0.2) is 52.1 Å². The third-order valence-corrected chi connectivity index (χ3v) is 5.84. The number of rotatable bonds is 9. The molecule has 7 nitrogen and oxygen atoms in total. The zero-order valence-electron chi connectivity index (χ0n) is 19.4. The topological polar surface area (TPSA) is 95.9 Å². The van der Waals surface area contributed by atoms with Gasteiger partial charge in [-0.25, -0.2) is 4.79 Å². The van der Waals surface area contributed by atoms with Gasteiger partial charge in [-0.15, -0.1) is 0 Å². The van der Waals surface area contributed by atoms with Gasteiger partial charge in [0, 0.05) is 13.0 Å². The number of fused-ring (bicyclic) bond motifs is 1. The van der Waals surface area contributed by atoms with E-state index < -0.39 is 30.1 Å². The Labute approximate surface area is 194 Å². The molecule has 0 saturated heterocycles. The zero-order valence-corrected chi connectivity index (χ0v) is 19.4. The van der Waals surface area contributed by atoms with Gasteiger partial charge in [-0.3, -0.25) is 14.9 Å². The molecule has 0 aliphatic carbocycles. The minimum absolute atomic E-state index is 0.225. The molecule has 2 aromatic rings. The molecule has 33 heavy (non-hydrogen) atoms. The number of nitrogens with one attached hydrogen (secondary N) is 1. The van der Waals surface area contributed by atoms with Crippen molar-refractivity contribution in [3.8, 4) is 0 Å². The van der Waals surface area contributed by atoms with Crippen LogP contribution in [0.15, 0.2) is 54.6 Å². The predicted molar refractivity (Wildman–Crippen MR) is 124 cm³/mol. The molecule has 0 bridgehead atoms. The van der Waals surface area contributed by atoms with E-state index in [1.807, 2.05) is 54.6 Å². The van der Waals surface area contributed by atoms with Gasteiger partial charge in [-0.05, 0) is 50.3 Å². The number of esters is 1. The third kappa shape index (κ3) is 6.42. The summed E-state index contributed by atoms with van der Waals surface area (Å²) in [5, 5.41) is 12.9. The summed E-state index contributed by atoms with van der Waals surface area (Å²) < 4.78 is 5.41. The molecule has 7 heteroatoms. The first kappa shape index (κ1) is 24.5. The first-order chi connectivity index (χ1) is 15.8. The second-order valence-electron chi connectivity index (χ2n) is 8.74. The SMILES string of the molecule is CC(C)OC(=O)[C@H](CCc1ccccc1)NC(C)C(=O)N1Cc2ccccc2CC1C(=O)O. The van der Waals surface area contributed by atoms with E-state index in [0.29, 0.717) is 12.8 Å². The Balaban J connectivity index is 1.73. The molecule has 1 aliphatic heterocycles. The fourth-order valence-corrected chi connectivity index (χ4v) is 4.14. The Morgan fingerprint density at radius 2 is 1.67 bits per heavy atom. The highest BCUT2D eigenvalue weighted by molar-refractivity contribution is 5.88. The lowest BCUT2D eigenvalue weighted by molar-refractivity contribution is -0.154. The monoisotopic (exact) mass is 452 g/mol. The molecule has 1 heterocycles. The number of carbonyl (C=O) groups is 3. The van der Waals surface area contributed by atoms with Crippen LogP contribution >= 0.6 is 0 Å². The summed E-state index contributed by atoms with van der Waals surface area (Å²) in [7, 11) is 0. The molecule has 1 aliphatic rings. The van der Waals surface area contributed by atoms with E-state index in [1.165, 1.54) is 4.90 Å². The van der Waals surface area contributed by atoms with E-state index in [1.54, 1.807) is 20.8 Å². The number of carbonyl (C=O) groups excluding carboxylic acids is 2. The van der Waals surface area contributed by atoms with E-state index in [0.717, 1.165) is 16.7 Å². The minimum atomic E-state index is -1.04. The number of aryl methyl sites for hydroxylation is 1. The van der Waals surface area contributed by atoms with Gasteiger partial charge in [0.2, 0.25) is 5.91 Å². The van der Waals surface area contributed by atoms with Gasteiger partial charge in [0.1, 0.15) is 12.1 Å². The summed E-state index contributed by atoms with van der Waals surface area (Å²) in [6.07, 6.45) is 1.08. The van der Waals surface area contributed by atoms with Crippen molar-refractivity contribution >= 4 is 17.8 Å². The number of aliphatic carboxylic acids is 1. The maximum atomic E-state index is 13.3. The second-order valence-corrected chi connectivity index (χ2v) is 8.74. The quantitative estimate of drug-likeness (QED) is 0.568. The second kappa shape index (κ2) is 11.1. The molecule has 2 N–H and O–H groups in total. The molecular formula is C26H32N2O5. The van der Waals surface area contributed by atoms with Gasteiger partial charge in [-0.2, -0.15) is 0 Å². The molecule has 0 saturated carbocycles. The Bertz CT molecular complexity index is 976. The highest BCUT2D eigenvalue weighted by Crippen LogP contribution is 2.24. The zero-order chi connectivity index (χ0) is 24.0. The van der Waals surface area contributed by atoms with E-state index >= 15 is 0 Å². The molecule has 0 aromatic heterocycles. The molecule has 2 unspecified atom stereocenters. The average Bonchev–Trinajstić information content (AvgIpc) is 2.80. The Kier molecular flexibility index (Phi) is 8.22. The van der Waals surface area contributed by atoms with Crippen molar-refractivity contribution in [2.45, 2.75) is 70.8 Å². The van der Waals surface area contributed by atoms with Crippen LogP contribution in [0.25, 0.3) is 0 Å². The molecule has 1 amide bonds. The summed E-state index contributed by atoms with van der Waals surface area (Å²) in [5.41, 5.74) is 2.96. The van der Waals surface area contributed by atoms with E-state index in [9.17, 15) is 19.5 Å². The molecule has 2 aromatic carbocycles. The van der Waals surface area contributed by atoms with Gasteiger partial charge >= 0.3 is 11.9 Å². The average molecular weight is 453 g/mol. The summed E-state index contributed by atoms with van der Waals surface area (Å²) in [5.74, 6) is -1.80. The van der Waals surface area contributed by atoms with Gasteiger partial charge in [0.05, 0.1) is 12.1 Å². The van der Waals surface area contributed by atoms with Crippen LogP contribution in [-0.2, 0) is 38.5 Å². The lowest BCUT2D eigenvalue weighted by Crippen LogP contribution is -2.56. The number of amides is 1. The third-order valence-electron chi connectivity index (χ3n) is 5.84. The first-order valence-electron chi connectivity index (χ1n) is 11.4. The van der Waals surface area contributed by atoms with E-state index in [2.05, 4.69) is 5.32 Å². The van der Waals surface area contributed by atoms with Gasteiger partial charge in [0.25, 0.3) is 0 Å². The van der Waals surface area contributed by atoms with Crippen molar-refractivity contribution < 1.29 is 24.2 Å². The number of benzene rings is 2. The smallest absolute Gasteiger partial charge is 0.326 e. The fraction of sp³-hybridized carbons (Fsp3) is 0.423. The number of carboxylic acid groups (broad SMARTS) is 1. The number of ether oxygens (including phenoxy) is 1. The molecule has 176 valence electrons. The Morgan fingerprint density at radius 3 is 2.30 bits per heavy atom. The predicted octanol–water partition coefficient (Wildman–Crippen LogP) is 2.96. The highest BCUT2D eigenvalue weighted by Gasteiger charge is 2.37. The van der Waals surface area contributed by atoms with Crippen molar-refractivity contribution in [1.29, 1.82) is 0 Å². The molecular weight excluding hydrogens is 420 g/mol. The van der Waals surface area contributed by atoms with Crippen LogP contribution in [0.2, 0.25) is 0 Å². The first-order valence-corrected chi connectivity index (χ1v) is 11.4. The summed E-state index contributed by atoms with van der Waals surface area (Å²) >= 11 is 0. The maximum Gasteiger partial charge on any atom is 0.326 e. The van der Waals surface area contributed by atoms with Gasteiger partial charge in [-0.1, -0.05) is 54.6 Å². The van der Waals surface area contributed by atoms with Gasteiger partial charge < -0.3 is 14.7 Å². The summed E-state index contributed by atoms with van der Waals surface area (Å²) in [4.78, 5) is 39.4. The van der Waals surface area contributed by atoms with Crippen LogP contribution in [0, 0.1) is 0 Å². The summed E-state index contributed by atoms with van der Waals surface area (Å²) in [6, 6.07) is 15.0. The standard InChI is InChI=1S/C26H32N2O5/c1-17(2)33-26(32)22(14-13-19-9-5-4-6-10-19)27-18(3)24(29)28-16-21-12-8-7-11-20(21)15-23(28)25(30)31/h4-12,17-18,22-23,27H,13-16H2,1-3H3,(H,30,31)/t18?,22-,23?/m0/s1. The Hall–Kier alpha value is -3.19. The molecule has 0 radical (unpaired) electrons. The number of hydrogen-bond donors (Lipinski definition) is 2. The van der Waals surface area contributed by atoms with Crippen LogP contribution in [0.3, 0.4) is 0 Å². The van der Waals surface area contributed by atoms with Crippen molar-refractivity contribution in [3.63, 3.8) is 0 Å². The van der Waals surface area contributed by atoms with Crippen LogP contribution in [0.4, 0.5) is 0 Å². The highest BCUT2D eigenvalue weighted by atomic mass is 16.5. The summed E-state index contributed by atoms with van der Waals surface area (Å²) in [6.45, 7) is 5.45. The van der Waals surface area contributed by atoms with Crippen LogP contribution < -0.4 is 5.32 Å².